The number of aromatic nitrogens is 2. The molecule has 1 aliphatic rings. The van der Waals surface area contributed by atoms with Gasteiger partial charge in [0.05, 0.1) is 11.0 Å². The van der Waals surface area contributed by atoms with Crippen molar-refractivity contribution in [3.05, 3.63) is 158 Å². The second kappa shape index (κ2) is 9.40. The highest BCUT2D eigenvalue weighted by molar-refractivity contribution is 6.18. The number of fused-ring (bicyclic) bond motifs is 4. The molecule has 7 aromatic carbocycles. The third-order valence-electron chi connectivity index (χ3n) is 8.80. The molecule has 43 heavy (non-hydrogen) atoms. The quantitative estimate of drug-likeness (QED) is 0.215. The molecular formula is C41H26N2. The topological polar surface area (TPSA) is 17.8 Å². The number of rotatable bonds is 4. The van der Waals surface area contributed by atoms with Crippen molar-refractivity contribution in [2.45, 2.75) is 0 Å². The van der Waals surface area contributed by atoms with Crippen LogP contribution in [-0.4, -0.2) is 9.55 Å². The minimum absolute atomic E-state index is 0.948. The second-order valence-electron chi connectivity index (χ2n) is 11.2. The van der Waals surface area contributed by atoms with E-state index in [2.05, 4.69) is 150 Å². The Morgan fingerprint density at radius 1 is 0.372 bits per heavy atom. The summed E-state index contributed by atoms with van der Waals surface area (Å²) in [6, 6.07) is 56.6. The van der Waals surface area contributed by atoms with E-state index >= 15 is 0 Å². The number of nitrogens with zero attached hydrogens (tertiary/aromatic N) is 2. The highest BCUT2D eigenvalue weighted by Crippen LogP contribution is 2.49. The molecule has 1 heterocycles. The number of hydrogen-bond acceptors (Lipinski definition) is 1. The average molecular weight is 547 g/mol. The smallest absolute Gasteiger partial charge is 0.145 e. The van der Waals surface area contributed by atoms with Gasteiger partial charge in [0.2, 0.25) is 0 Å². The molecule has 0 radical (unpaired) electrons. The molecule has 0 bridgehead atoms. The lowest BCUT2D eigenvalue weighted by atomic mass is 9.93. The van der Waals surface area contributed by atoms with Gasteiger partial charge in [-0.15, -0.1) is 0 Å². The van der Waals surface area contributed by atoms with E-state index in [4.69, 9.17) is 4.98 Å². The van der Waals surface area contributed by atoms with E-state index in [1.165, 1.54) is 55.3 Å². The Balaban J connectivity index is 1.07. The van der Waals surface area contributed by atoms with Crippen LogP contribution in [-0.2, 0) is 0 Å². The van der Waals surface area contributed by atoms with E-state index in [-0.39, 0.29) is 0 Å². The van der Waals surface area contributed by atoms with Crippen LogP contribution in [0.4, 0.5) is 0 Å². The van der Waals surface area contributed by atoms with Gasteiger partial charge in [0.25, 0.3) is 0 Å². The molecule has 0 spiro atoms. The zero-order valence-electron chi connectivity index (χ0n) is 23.4. The molecule has 1 aliphatic carbocycles. The molecule has 1 aromatic heterocycles. The molecule has 2 heteroatoms. The molecule has 0 atom stereocenters. The summed E-state index contributed by atoms with van der Waals surface area (Å²) in [4.78, 5) is 5.02. The Labute approximate surface area is 250 Å². The van der Waals surface area contributed by atoms with Gasteiger partial charge in [0, 0.05) is 11.3 Å². The van der Waals surface area contributed by atoms with Crippen molar-refractivity contribution in [2.24, 2.45) is 0 Å². The van der Waals surface area contributed by atoms with E-state index < -0.39 is 0 Å². The van der Waals surface area contributed by atoms with Crippen molar-refractivity contribution in [2.75, 3.05) is 0 Å². The minimum Gasteiger partial charge on any atom is -0.292 e. The zero-order chi connectivity index (χ0) is 28.3. The maximum atomic E-state index is 5.02. The molecule has 0 N–H and O–H groups in total. The van der Waals surface area contributed by atoms with Crippen molar-refractivity contribution in [3.63, 3.8) is 0 Å². The number of benzene rings is 7. The Hall–Kier alpha value is -5.73. The van der Waals surface area contributed by atoms with Gasteiger partial charge >= 0.3 is 0 Å². The summed E-state index contributed by atoms with van der Waals surface area (Å²) in [6.45, 7) is 0. The number of imidazole rings is 1. The van der Waals surface area contributed by atoms with Crippen LogP contribution in [0.5, 0.6) is 0 Å². The third kappa shape index (κ3) is 3.70. The first-order valence-electron chi connectivity index (χ1n) is 14.7. The van der Waals surface area contributed by atoms with E-state index in [0.717, 1.165) is 28.1 Å². The molecule has 0 unspecified atom stereocenters. The summed E-state index contributed by atoms with van der Waals surface area (Å²) in [5.41, 5.74) is 14.5. The van der Waals surface area contributed by atoms with Crippen molar-refractivity contribution in [1.82, 2.24) is 9.55 Å². The Morgan fingerprint density at radius 2 is 0.930 bits per heavy atom. The molecular weight excluding hydrogens is 520 g/mol. The maximum Gasteiger partial charge on any atom is 0.145 e. The standard InChI is InChI=1S/C41H26N2/c1-2-9-31(10-3-1)43-39-16-7-6-15-38(39)42-41(43)30-23-19-28(20-24-30)27-17-21-29(22-18-27)32-25-26-37-34-12-5-4-11-33(34)36-14-8-13-35(32)40(36)37/h1-26H. The molecule has 0 aliphatic heterocycles. The van der Waals surface area contributed by atoms with Gasteiger partial charge in [-0.2, -0.15) is 0 Å². The van der Waals surface area contributed by atoms with Gasteiger partial charge in [-0.1, -0.05) is 133 Å². The Morgan fingerprint density at radius 3 is 1.67 bits per heavy atom. The summed E-state index contributed by atoms with van der Waals surface area (Å²) >= 11 is 0. The van der Waals surface area contributed by atoms with Crippen LogP contribution in [0.2, 0.25) is 0 Å². The third-order valence-corrected chi connectivity index (χ3v) is 8.80. The SMILES string of the molecule is c1ccc(-n2c(-c3ccc(-c4ccc(-c5ccc6c7c(cccc57)-c5ccccc5-6)cc4)cc3)nc3ccccc32)cc1. The highest BCUT2D eigenvalue weighted by atomic mass is 15.1. The number of para-hydroxylation sites is 3. The lowest BCUT2D eigenvalue weighted by Crippen LogP contribution is -1.97. The summed E-state index contributed by atoms with van der Waals surface area (Å²) < 4.78 is 2.25. The Kier molecular flexibility index (Phi) is 5.23. The van der Waals surface area contributed by atoms with Crippen LogP contribution in [0.25, 0.3) is 83.4 Å². The largest absolute Gasteiger partial charge is 0.292 e. The van der Waals surface area contributed by atoms with Gasteiger partial charge < -0.3 is 0 Å². The van der Waals surface area contributed by atoms with Crippen molar-refractivity contribution < 1.29 is 0 Å². The van der Waals surface area contributed by atoms with Crippen LogP contribution >= 0.6 is 0 Å². The monoisotopic (exact) mass is 546 g/mol. The summed E-state index contributed by atoms with van der Waals surface area (Å²) in [7, 11) is 0. The summed E-state index contributed by atoms with van der Waals surface area (Å²) in [6.07, 6.45) is 0. The van der Waals surface area contributed by atoms with E-state index in [1.54, 1.807) is 0 Å². The minimum atomic E-state index is 0.948. The zero-order valence-corrected chi connectivity index (χ0v) is 23.4. The van der Waals surface area contributed by atoms with Crippen molar-refractivity contribution in [3.8, 4) is 61.6 Å². The summed E-state index contributed by atoms with van der Waals surface area (Å²) in [5, 5.41) is 2.67. The molecule has 9 rings (SSSR count). The van der Waals surface area contributed by atoms with Crippen LogP contribution in [0, 0.1) is 0 Å². The fourth-order valence-corrected chi connectivity index (χ4v) is 6.77. The van der Waals surface area contributed by atoms with Gasteiger partial charge in [0.15, 0.2) is 0 Å². The van der Waals surface area contributed by atoms with Gasteiger partial charge in [-0.25, -0.2) is 4.98 Å². The predicted molar refractivity (Wildman–Crippen MR) is 179 cm³/mol. The molecule has 8 aromatic rings. The molecule has 0 fully saturated rings. The van der Waals surface area contributed by atoms with Crippen LogP contribution in [0.1, 0.15) is 0 Å². The Bertz CT molecular complexity index is 2280. The molecule has 0 amide bonds. The van der Waals surface area contributed by atoms with Gasteiger partial charge in [-0.05, 0) is 79.5 Å². The van der Waals surface area contributed by atoms with Gasteiger partial charge in [-0.3, -0.25) is 4.57 Å². The van der Waals surface area contributed by atoms with E-state index in [9.17, 15) is 0 Å². The first kappa shape index (κ1) is 23.9. The lowest BCUT2D eigenvalue weighted by molar-refractivity contribution is 1.10. The first-order chi connectivity index (χ1) is 21.3. The van der Waals surface area contributed by atoms with Gasteiger partial charge in [0.1, 0.15) is 5.82 Å². The van der Waals surface area contributed by atoms with E-state index in [0.29, 0.717) is 0 Å². The first-order valence-corrected chi connectivity index (χ1v) is 14.7. The number of hydrogen-bond donors (Lipinski definition) is 0. The van der Waals surface area contributed by atoms with Crippen LogP contribution in [0.3, 0.4) is 0 Å². The molecule has 200 valence electrons. The fraction of sp³-hybridized carbons (Fsp3) is 0. The normalized spacial score (nSPS) is 11.7. The molecule has 0 saturated carbocycles. The second-order valence-corrected chi connectivity index (χ2v) is 11.2. The van der Waals surface area contributed by atoms with Crippen molar-refractivity contribution in [1.29, 1.82) is 0 Å². The van der Waals surface area contributed by atoms with Crippen molar-refractivity contribution >= 4 is 21.8 Å². The van der Waals surface area contributed by atoms with E-state index in [1.807, 2.05) is 12.1 Å². The van der Waals surface area contributed by atoms with Crippen LogP contribution < -0.4 is 0 Å². The molecule has 2 nitrogen and oxygen atoms in total. The summed E-state index contributed by atoms with van der Waals surface area (Å²) in [5.74, 6) is 0.948. The maximum absolute atomic E-state index is 5.02. The van der Waals surface area contributed by atoms with Crippen LogP contribution in [0.15, 0.2) is 158 Å². The highest BCUT2D eigenvalue weighted by Gasteiger charge is 2.22. The predicted octanol–water partition coefficient (Wildman–Crippen LogP) is 10.8. The average Bonchev–Trinajstić information content (AvgIpc) is 3.63. The lowest BCUT2D eigenvalue weighted by Gasteiger charge is -2.11. The fourth-order valence-electron chi connectivity index (χ4n) is 6.77. The molecule has 0 saturated heterocycles.